The second-order valence-corrected chi connectivity index (χ2v) is 8.98. The summed E-state index contributed by atoms with van der Waals surface area (Å²) in [5.41, 5.74) is 3.56. The lowest BCUT2D eigenvalue weighted by Crippen LogP contribution is -2.46. The lowest BCUT2D eigenvalue weighted by Gasteiger charge is -2.24. The van der Waals surface area contributed by atoms with Gasteiger partial charge in [0.1, 0.15) is 5.76 Å². The standard InChI is InChI=1S/C29H26N4O5/c1-19-5-2-6-20(15-19)18-33-25(28(35)31-17-24-8-4-14-37-24)26(38-29(33)36)21-9-11-23(12-10-21)32-27(34)22-7-3-13-30-16-22/h2-16,25-26H,17-18H2,1H3,(H,31,35)(H,32,34)/t25-,26-/m1/s1. The zero-order valence-electron chi connectivity index (χ0n) is 20.7. The number of cyclic esters (lactones) is 1. The normalized spacial score (nSPS) is 16.7. The average Bonchev–Trinajstić information content (AvgIpc) is 3.56. The second-order valence-electron chi connectivity index (χ2n) is 8.98. The Morgan fingerprint density at radius 1 is 1.03 bits per heavy atom. The van der Waals surface area contributed by atoms with Crippen LogP contribution in [0, 0.1) is 6.92 Å². The van der Waals surface area contributed by atoms with Gasteiger partial charge < -0.3 is 19.8 Å². The summed E-state index contributed by atoms with van der Waals surface area (Å²) in [4.78, 5) is 44.3. The van der Waals surface area contributed by atoms with Crippen LogP contribution < -0.4 is 10.6 Å². The second kappa shape index (κ2) is 11.0. The van der Waals surface area contributed by atoms with E-state index in [0.29, 0.717) is 22.6 Å². The number of furan rings is 1. The third kappa shape index (κ3) is 5.57. The van der Waals surface area contributed by atoms with Gasteiger partial charge in [0.2, 0.25) is 5.91 Å². The monoisotopic (exact) mass is 510 g/mol. The summed E-state index contributed by atoms with van der Waals surface area (Å²) in [5.74, 6) is -0.0596. The van der Waals surface area contributed by atoms with Crippen LogP contribution in [0.15, 0.2) is 95.9 Å². The molecule has 1 aliphatic rings. The number of aromatic nitrogens is 1. The van der Waals surface area contributed by atoms with Crippen molar-refractivity contribution in [2.75, 3.05) is 5.32 Å². The lowest BCUT2D eigenvalue weighted by molar-refractivity contribution is -0.126. The molecule has 2 atom stereocenters. The number of carbonyl (C=O) groups is 3. The fourth-order valence-corrected chi connectivity index (χ4v) is 4.37. The fraction of sp³-hybridized carbons (Fsp3) is 0.172. The van der Waals surface area contributed by atoms with Crippen LogP contribution in [0.25, 0.3) is 0 Å². The summed E-state index contributed by atoms with van der Waals surface area (Å²) >= 11 is 0. The molecule has 2 aromatic heterocycles. The third-order valence-electron chi connectivity index (χ3n) is 6.23. The number of pyridine rings is 1. The minimum absolute atomic E-state index is 0.181. The molecule has 192 valence electrons. The Kier molecular flexibility index (Phi) is 7.17. The summed E-state index contributed by atoms with van der Waals surface area (Å²) in [6, 6.07) is 20.6. The molecule has 38 heavy (non-hydrogen) atoms. The van der Waals surface area contributed by atoms with E-state index < -0.39 is 18.2 Å². The first-order valence-corrected chi connectivity index (χ1v) is 12.1. The van der Waals surface area contributed by atoms with Gasteiger partial charge in [-0.2, -0.15) is 0 Å². The van der Waals surface area contributed by atoms with Crippen LogP contribution in [0.1, 0.15) is 38.9 Å². The number of aryl methyl sites for hydroxylation is 1. The number of carbonyl (C=O) groups excluding carboxylic acids is 3. The molecule has 2 N–H and O–H groups in total. The Hall–Kier alpha value is -4.92. The molecule has 9 nitrogen and oxygen atoms in total. The quantitative estimate of drug-likeness (QED) is 0.358. The zero-order valence-corrected chi connectivity index (χ0v) is 20.7. The highest BCUT2D eigenvalue weighted by Crippen LogP contribution is 2.34. The maximum absolute atomic E-state index is 13.4. The van der Waals surface area contributed by atoms with Crippen LogP contribution in [0.4, 0.5) is 10.5 Å². The predicted octanol–water partition coefficient (Wildman–Crippen LogP) is 4.61. The van der Waals surface area contributed by atoms with E-state index in [2.05, 4.69) is 15.6 Å². The minimum Gasteiger partial charge on any atom is -0.467 e. The number of hydrogen-bond acceptors (Lipinski definition) is 6. The van der Waals surface area contributed by atoms with E-state index in [0.717, 1.165) is 11.1 Å². The van der Waals surface area contributed by atoms with Crippen molar-refractivity contribution in [2.45, 2.75) is 32.2 Å². The molecule has 0 spiro atoms. The first-order chi connectivity index (χ1) is 18.5. The van der Waals surface area contributed by atoms with E-state index in [1.807, 2.05) is 31.2 Å². The number of nitrogens with zero attached hydrogens (tertiary/aromatic N) is 2. The first-order valence-electron chi connectivity index (χ1n) is 12.1. The summed E-state index contributed by atoms with van der Waals surface area (Å²) < 4.78 is 11.1. The summed E-state index contributed by atoms with van der Waals surface area (Å²) in [7, 11) is 0. The van der Waals surface area contributed by atoms with Crippen LogP contribution in [-0.2, 0) is 22.6 Å². The smallest absolute Gasteiger partial charge is 0.411 e. The van der Waals surface area contributed by atoms with Gasteiger partial charge in [0, 0.05) is 18.1 Å². The van der Waals surface area contributed by atoms with Gasteiger partial charge in [-0.1, -0.05) is 42.0 Å². The summed E-state index contributed by atoms with van der Waals surface area (Å²) in [6.07, 6.45) is 3.19. The van der Waals surface area contributed by atoms with Crippen molar-refractivity contribution in [3.63, 3.8) is 0 Å². The minimum atomic E-state index is -0.909. The first kappa shape index (κ1) is 24.8. The summed E-state index contributed by atoms with van der Waals surface area (Å²) in [5, 5.41) is 5.68. The maximum atomic E-state index is 13.4. The van der Waals surface area contributed by atoms with Crippen LogP contribution in [-0.4, -0.2) is 33.8 Å². The van der Waals surface area contributed by atoms with Crippen LogP contribution in [0.5, 0.6) is 0 Å². The summed E-state index contributed by atoms with van der Waals surface area (Å²) in [6.45, 7) is 2.37. The molecule has 0 aliphatic carbocycles. The number of anilines is 1. The van der Waals surface area contributed by atoms with Crippen molar-refractivity contribution in [3.05, 3.63) is 119 Å². The van der Waals surface area contributed by atoms with E-state index in [1.54, 1.807) is 54.7 Å². The third-order valence-corrected chi connectivity index (χ3v) is 6.23. The number of rotatable bonds is 8. The van der Waals surface area contributed by atoms with Crippen molar-refractivity contribution < 1.29 is 23.5 Å². The Labute approximate surface area is 219 Å². The van der Waals surface area contributed by atoms with Crippen LogP contribution in [0.2, 0.25) is 0 Å². The molecule has 3 amide bonds. The molecule has 5 rings (SSSR count). The Morgan fingerprint density at radius 2 is 1.87 bits per heavy atom. The van der Waals surface area contributed by atoms with Crippen LogP contribution >= 0.6 is 0 Å². The van der Waals surface area contributed by atoms with E-state index in [1.165, 1.54) is 17.4 Å². The van der Waals surface area contributed by atoms with E-state index in [4.69, 9.17) is 9.15 Å². The van der Waals surface area contributed by atoms with Crippen LogP contribution in [0.3, 0.4) is 0 Å². The molecular weight excluding hydrogens is 484 g/mol. The molecule has 1 aliphatic heterocycles. The molecule has 1 fully saturated rings. The Morgan fingerprint density at radius 3 is 2.58 bits per heavy atom. The largest absolute Gasteiger partial charge is 0.467 e. The molecule has 4 aromatic rings. The van der Waals surface area contributed by atoms with E-state index in [-0.39, 0.29) is 24.9 Å². The van der Waals surface area contributed by atoms with Crippen molar-refractivity contribution >= 4 is 23.6 Å². The van der Waals surface area contributed by atoms with Gasteiger partial charge in [-0.15, -0.1) is 0 Å². The van der Waals surface area contributed by atoms with Gasteiger partial charge in [-0.3, -0.25) is 19.5 Å². The predicted molar refractivity (Wildman–Crippen MR) is 139 cm³/mol. The number of nitrogens with one attached hydrogen (secondary N) is 2. The molecule has 0 radical (unpaired) electrons. The van der Waals surface area contributed by atoms with E-state index >= 15 is 0 Å². The van der Waals surface area contributed by atoms with Crippen molar-refractivity contribution in [1.29, 1.82) is 0 Å². The number of amides is 3. The topological polar surface area (TPSA) is 114 Å². The molecule has 9 heteroatoms. The number of hydrogen-bond donors (Lipinski definition) is 2. The molecule has 3 heterocycles. The molecule has 2 aromatic carbocycles. The molecule has 0 saturated carbocycles. The van der Waals surface area contributed by atoms with Gasteiger partial charge in [0.25, 0.3) is 5.91 Å². The van der Waals surface area contributed by atoms with Gasteiger partial charge in [-0.05, 0) is 54.4 Å². The Bertz CT molecular complexity index is 1420. The van der Waals surface area contributed by atoms with Gasteiger partial charge >= 0.3 is 6.09 Å². The van der Waals surface area contributed by atoms with Crippen molar-refractivity contribution in [1.82, 2.24) is 15.2 Å². The maximum Gasteiger partial charge on any atom is 0.411 e. The van der Waals surface area contributed by atoms with Crippen molar-refractivity contribution in [2.24, 2.45) is 0 Å². The highest BCUT2D eigenvalue weighted by molar-refractivity contribution is 6.04. The lowest BCUT2D eigenvalue weighted by atomic mass is 10.00. The average molecular weight is 511 g/mol. The van der Waals surface area contributed by atoms with Gasteiger partial charge in [0.15, 0.2) is 12.1 Å². The molecule has 0 bridgehead atoms. The highest BCUT2D eigenvalue weighted by atomic mass is 16.6. The van der Waals surface area contributed by atoms with E-state index in [9.17, 15) is 14.4 Å². The number of benzene rings is 2. The van der Waals surface area contributed by atoms with Gasteiger partial charge in [-0.25, -0.2) is 4.79 Å². The van der Waals surface area contributed by atoms with Crippen molar-refractivity contribution in [3.8, 4) is 0 Å². The molecular formula is C29H26N4O5. The number of ether oxygens (including phenoxy) is 1. The Balaban J connectivity index is 1.37. The molecule has 1 saturated heterocycles. The fourth-order valence-electron chi connectivity index (χ4n) is 4.37. The SMILES string of the molecule is Cc1cccc(CN2C(=O)O[C@H](c3ccc(NC(=O)c4cccnc4)cc3)[C@@H]2C(=O)NCc2ccco2)c1. The molecule has 0 unspecified atom stereocenters. The zero-order chi connectivity index (χ0) is 26.5. The van der Waals surface area contributed by atoms with Gasteiger partial charge in [0.05, 0.1) is 24.9 Å². The highest BCUT2D eigenvalue weighted by Gasteiger charge is 2.47.